The molecule has 210 valence electrons. The third-order valence-corrected chi connectivity index (χ3v) is 6.03. The van der Waals surface area contributed by atoms with Gasteiger partial charge < -0.3 is 9.73 Å². The molecule has 1 heterocycles. The van der Waals surface area contributed by atoms with Crippen molar-refractivity contribution in [2.24, 2.45) is 0 Å². The number of amides is 1. The molecule has 5 aromatic rings. The first-order chi connectivity index (χ1) is 19.4. The van der Waals surface area contributed by atoms with Crippen molar-refractivity contribution in [3.63, 3.8) is 0 Å². The minimum atomic E-state index is -0.288. The average molecular weight is 578 g/mol. The van der Waals surface area contributed by atoms with Crippen LogP contribution in [0.25, 0.3) is 33.7 Å². The van der Waals surface area contributed by atoms with Gasteiger partial charge in [-0.2, -0.15) is 0 Å². The van der Waals surface area contributed by atoms with Crippen molar-refractivity contribution >= 4 is 45.9 Å². The van der Waals surface area contributed by atoms with Crippen LogP contribution in [-0.4, -0.2) is 10.9 Å². The predicted octanol–water partition coefficient (Wildman–Crippen LogP) is 11.5. The summed E-state index contributed by atoms with van der Waals surface area (Å²) >= 11 is 12.5. The molecular formula is C34H38Cl2N2O2. The Kier molecular flexibility index (Phi) is 13.4. The van der Waals surface area contributed by atoms with E-state index in [9.17, 15) is 4.79 Å². The molecule has 0 saturated heterocycles. The summed E-state index contributed by atoms with van der Waals surface area (Å²) in [5.74, 6) is 0.176. The lowest BCUT2D eigenvalue weighted by Gasteiger charge is -2.12. The topological polar surface area (TPSA) is 55.1 Å². The molecule has 0 spiro atoms. The van der Waals surface area contributed by atoms with E-state index in [-0.39, 0.29) is 5.91 Å². The number of fused-ring (bicyclic) bond motifs is 1. The summed E-state index contributed by atoms with van der Waals surface area (Å²) < 4.78 is 5.91. The molecule has 0 aliphatic carbocycles. The number of hydrogen-bond donors (Lipinski definition) is 1. The summed E-state index contributed by atoms with van der Waals surface area (Å²) in [5.41, 5.74) is 5.98. The molecule has 0 fully saturated rings. The van der Waals surface area contributed by atoms with Gasteiger partial charge in [-0.15, -0.1) is 0 Å². The second-order valence-corrected chi connectivity index (χ2v) is 9.17. The Morgan fingerprint density at radius 2 is 1.50 bits per heavy atom. The van der Waals surface area contributed by atoms with Crippen LogP contribution in [0.3, 0.4) is 0 Å². The first-order valence-corrected chi connectivity index (χ1v) is 14.5. The van der Waals surface area contributed by atoms with Crippen molar-refractivity contribution in [2.45, 2.75) is 54.9 Å². The van der Waals surface area contributed by atoms with Crippen molar-refractivity contribution < 1.29 is 9.21 Å². The van der Waals surface area contributed by atoms with Crippen molar-refractivity contribution in [1.82, 2.24) is 4.98 Å². The fourth-order valence-corrected chi connectivity index (χ4v) is 4.15. The van der Waals surface area contributed by atoms with E-state index in [1.54, 1.807) is 30.3 Å². The normalized spacial score (nSPS) is 9.82. The van der Waals surface area contributed by atoms with Gasteiger partial charge in [-0.25, -0.2) is 4.98 Å². The number of nitrogens with one attached hydrogen (secondary N) is 1. The number of nitrogens with zero attached hydrogens (tertiary/aromatic N) is 1. The van der Waals surface area contributed by atoms with Gasteiger partial charge in [0, 0.05) is 16.3 Å². The van der Waals surface area contributed by atoms with E-state index >= 15 is 0 Å². The van der Waals surface area contributed by atoms with Gasteiger partial charge in [0.25, 0.3) is 5.91 Å². The Hall–Kier alpha value is -3.60. The molecule has 0 atom stereocenters. The maximum absolute atomic E-state index is 13.0. The lowest BCUT2D eigenvalue weighted by atomic mass is 10.0. The lowest BCUT2D eigenvalue weighted by Crippen LogP contribution is -2.13. The fourth-order valence-electron chi connectivity index (χ4n) is 3.72. The molecule has 5 rings (SSSR count). The van der Waals surface area contributed by atoms with Crippen LogP contribution in [0, 0.1) is 6.92 Å². The molecule has 4 nitrogen and oxygen atoms in total. The second-order valence-electron chi connectivity index (χ2n) is 8.33. The molecule has 0 saturated carbocycles. The van der Waals surface area contributed by atoms with Gasteiger partial charge in [0.15, 0.2) is 5.58 Å². The van der Waals surface area contributed by atoms with E-state index < -0.39 is 0 Å². The maximum atomic E-state index is 13.0. The zero-order valence-electron chi connectivity index (χ0n) is 24.3. The van der Waals surface area contributed by atoms with Crippen LogP contribution >= 0.6 is 23.2 Å². The Balaban J connectivity index is 0.000000737. The average Bonchev–Trinajstić information content (AvgIpc) is 3.40. The smallest absolute Gasteiger partial charge is 0.257 e. The quantitative estimate of drug-likeness (QED) is 0.231. The van der Waals surface area contributed by atoms with Crippen molar-refractivity contribution in [2.75, 3.05) is 5.32 Å². The van der Waals surface area contributed by atoms with Gasteiger partial charge >= 0.3 is 0 Å². The maximum Gasteiger partial charge on any atom is 0.257 e. The summed E-state index contributed by atoms with van der Waals surface area (Å²) in [6.07, 6.45) is 1.25. The zero-order chi connectivity index (χ0) is 29.7. The van der Waals surface area contributed by atoms with E-state index in [2.05, 4.69) is 24.1 Å². The summed E-state index contributed by atoms with van der Waals surface area (Å²) in [7, 11) is 0. The molecule has 40 heavy (non-hydrogen) atoms. The number of carbonyl (C=O) groups is 1. The molecule has 1 amide bonds. The van der Waals surface area contributed by atoms with E-state index in [1.807, 2.05) is 89.2 Å². The molecule has 4 aromatic carbocycles. The highest BCUT2D eigenvalue weighted by molar-refractivity contribution is 6.34. The van der Waals surface area contributed by atoms with E-state index in [0.717, 1.165) is 22.3 Å². The molecule has 0 aliphatic rings. The van der Waals surface area contributed by atoms with E-state index in [1.165, 1.54) is 6.42 Å². The van der Waals surface area contributed by atoms with Crippen LogP contribution in [0.5, 0.6) is 0 Å². The number of aromatic nitrogens is 1. The first kappa shape index (κ1) is 32.6. The monoisotopic (exact) mass is 576 g/mol. The lowest BCUT2D eigenvalue weighted by molar-refractivity contribution is 0.102. The first-order valence-electron chi connectivity index (χ1n) is 13.7. The van der Waals surface area contributed by atoms with Crippen LogP contribution in [-0.2, 0) is 0 Å². The third kappa shape index (κ3) is 8.20. The minimum absolute atomic E-state index is 0.288. The molecule has 6 heteroatoms. The van der Waals surface area contributed by atoms with Crippen LogP contribution < -0.4 is 5.32 Å². The molecule has 1 aromatic heterocycles. The zero-order valence-corrected chi connectivity index (χ0v) is 25.8. The van der Waals surface area contributed by atoms with Crippen LogP contribution in [0.4, 0.5) is 5.69 Å². The number of rotatable bonds is 4. The second kappa shape index (κ2) is 16.5. The number of oxazole rings is 1. The van der Waals surface area contributed by atoms with Crippen molar-refractivity contribution in [3.05, 3.63) is 106 Å². The highest BCUT2D eigenvalue weighted by Crippen LogP contribution is 2.32. The highest BCUT2D eigenvalue weighted by atomic mass is 35.5. The number of benzene rings is 4. The predicted molar refractivity (Wildman–Crippen MR) is 173 cm³/mol. The van der Waals surface area contributed by atoms with Crippen molar-refractivity contribution in [3.8, 4) is 22.6 Å². The molecule has 0 aliphatic heterocycles. The van der Waals surface area contributed by atoms with E-state index in [4.69, 9.17) is 27.6 Å². The standard InChI is InChI=1S/C27H18Cl2N2O2.C3H8.2C2H6/c1-16-20(27-31-24-15-19(28)11-13-25(24)33-27)8-5-9-23(16)30-26(32)21-12-10-18(14-22(21)29)17-6-3-2-4-7-17;1-3-2;2*1-2/h2-15H,1H3,(H,30,32);3H2,1-2H3;2*1-2H3. The summed E-state index contributed by atoms with van der Waals surface area (Å²) in [5, 5.41) is 3.95. The molecule has 0 unspecified atom stereocenters. The molecular weight excluding hydrogens is 539 g/mol. The largest absolute Gasteiger partial charge is 0.436 e. The number of anilines is 1. The molecule has 1 N–H and O–H groups in total. The van der Waals surface area contributed by atoms with Crippen LogP contribution in [0.15, 0.2) is 89.3 Å². The number of halogens is 2. The van der Waals surface area contributed by atoms with Gasteiger partial charge in [0.1, 0.15) is 5.52 Å². The van der Waals surface area contributed by atoms with Gasteiger partial charge in [-0.05, 0) is 66.1 Å². The third-order valence-electron chi connectivity index (χ3n) is 5.48. The highest BCUT2D eigenvalue weighted by Gasteiger charge is 2.17. The van der Waals surface area contributed by atoms with Crippen LogP contribution in [0.2, 0.25) is 10.0 Å². The van der Waals surface area contributed by atoms with Gasteiger partial charge in [-0.1, -0.05) is 114 Å². The van der Waals surface area contributed by atoms with Gasteiger partial charge in [0.05, 0.1) is 10.6 Å². The van der Waals surface area contributed by atoms with Gasteiger partial charge in [0.2, 0.25) is 5.89 Å². The van der Waals surface area contributed by atoms with Crippen molar-refractivity contribution in [1.29, 1.82) is 0 Å². The Labute approximate surface area is 248 Å². The summed E-state index contributed by atoms with van der Waals surface area (Å²) in [4.78, 5) is 17.6. The number of hydrogen-bond acceptors (Lipinski definition) is 3. The summed E-state index contributed by atoms with van der Waals surface area (Å²) in [6.45, 7) is 14.2. The Bertz CT molecular complexity index is 1510. The fraction of sp³-hybridized carbons (Fsp3) is 0.235. The number of carbonyl (C=O) groups excluding carboxylic acids is 1. The van der Waals surface area contributed by atoms with Gasteiger partial charge in [-0.3, -0.25) is 4.79 Å². The minimum Gasteiger partial charge on any atom is -0.436 e. The SMILES string of the molecule is CC.CC.CCC.Cc1c(NC(=O)c2ccc(-c3ccccc3)cc2Cl)cccc1-c1nc2cc(Cl)ccc2o1. The molecule has 0 bridgehead atoms. The summed E-state index contributed by atoms with van der Waals surface area (Å²) in [6, 6.07) is 26.2. The van der Waals surface area contributed by atoms with E-state index in [0.29, 0.717) is 38.3 Å². The molecule has 0 radical (unpaired) electrons. The Morgan fingerprint density at radius 1 is 0.825 bits per heavy atom. The Morgan fingerprint density at radius 3 is 2.15 bits per heavy atom. The van der Waals surface area contributed by atoms with Crippen LogP contribution in [0.1, 0.15) is 63.9 Å².